The highest BCUT2D eigenvalue weighted by Crippen LogP contribution is 2.21. The van der Waals surface area contributed by atoms with Crippen LogP contribution in [0.4, 0.5) is 5.82 Å². The Morgan fingerprint density at radius 3 is 2.79 bits per heavy atom. The third kappa shape index (κ3) is 1.56. The summed E-state index contributed by atoms with van der Waals surface area (Å²) < 4.78 is 0. The first-order valence-electron chi connectivity index (χ1n) is 4.10. The summed E-state index contributed by atoms with van der Waals surface area (Å²) in [6.45, 7) is 1.90. The summed E-state index contributed by atoms with van der Waals surface area (Å²) in [6, 6.07) is 3.69. The van der Waals surface area contributed by atoms with Crippen molar-refractivity contribution in [3.05, 3.63) is 29.0 Å². The number of pyridine rings is 1. The van der Waals surface area contributed by atoms with Crippen molar-refractivity contribution in [2.75, 3.05) is 5.73 Å². The maximum Gasteiger partial charge on any atom is 0.145 e. The second kappa shape index (κ2) is 3.31. The number of hydrogen-bond donors (Lipinski definition) is 2. The van der Waals surface area contributed by atoms with Gasteiger partial charge in [-0.05, 0) is 18.6 Å². The first-order valence-corrected chi connectivity index (χ1v) is 4.48. The first kappa shape index (κ1) is 9.02. The van der Waals surface area contributed by atoms with Crippen molar-refractivity contribution in [2.24, 2.45) is 0 Å². The van der Waals surface area contributed by atoms with Crippen LogP contribution in [0.5, 0.6) is 0 Å². The molecule has 0 radical (unpaired) electrons. The minimum Gasteiger partial charge on any atom is -0.382 e. The predicted octanol–water partition coefficient (Wildman–Crippen LogP) is 2.02. The number of anilines is 1. The van der Waals surface area contributed by atoms with Gasteiger partial charge in [0.2, 0.25) is 0 Å². The zero-order valence-corrected chi connectivity index (χ0v) is 8.34. The average Bonchev–Trinajstić information content (AvgIpc) is 2.57. The molecule has 2 aromatic heterocycles. The second-order valence-electron chi connectivity index (χ2n) is 3.04. The van der Waals surface area contributed by atoms with E-state index in [1.165, 1.54) is 0 Å². The smallest absolute Gasteiger partial charge is 0.145 e. The normalized spacial score (nSPS) is 10.4. The molecule has 2 aromatic rings. The quantitative estimate of drug-likeness (QED) is 0.705. The van der Waals surface area contributed by atoms with E-state index >= 15 is 0 Å². The summed E-state index contributed by atoms with van der Waals surface area (Å²) in [7, 11) is 0. The minimum atomic E-state index is 0.465. The predicted molar refractivity (Wildman–Crippen MR) is 56.0 cm³/mol. The maximum atomic E-state index is 5.81. The molecule has 0 saturated heterocycles. The Morgan fingerprint density at radius 1 is 1.43 bits per heavy atom. The van der Waals surface area contributed by atoms with E-state index in [0.29, 0.717) is 11.0 Å². The Kier molecular flexibility index (Phi) is 2.13. The van der Waals surface area contributed by atoms with E-state index in [1.807, 2.05) is 13.0 Å². The van der Waals surface area contributed by atoms with Crippen molar-refractivity contribution in [1.82, 2.24) is 15.2 Å². The lowest BCUT2D eigenvalue weighted by Gasteiger charge is -1.99. The van der Waals surface area contributed by atoms with E-state index in [-0.39, 0.29) is 0 Å². The molecular weight excluding hydrogens is 200 g/mol. The van der Waals surface area contributed by atoms with Gasteiger partial charge in [0.15, 0.2) is 0 Å². The van der Waals surface area contributed by atoms with Gasteiger partial charge in [0.05, 0.1) is 5.69 Å². The van der Waals surface area contributed by atoms with Gasteiger partial charge in [0, 0.05) is 17.8 Å². The van der Waals surface area contributed by atoms with Gasteiger partial charge in [-0.15, -0.1) is 0 Å². The van der Waals surface area contributed by atoms with E-state index in [2.05, 4.69) is 15.2 Å². The molecule has 14 heavy (non-hydrogen) atoms. The van der Waals surface area contributed by atoms with Crippen LogP contribution in [0.1, 0.15) is 5.56 Å². The van der Waals surface area contributed by atoms with E-state index in [0.717, 1.165) is 16.8 Å². The van der Waals surface area contributed by atoms with E-state index < -0.39 is 0 Å². The Bertz CT molecular complexity index is 464. The number of halogens is 1. The molecule has 0 amide bonds. The summed E-state index contributed by atoms with van der Waals surface area (Å²) in [4.78, 5) is 4.04. The summed E-state index contributed by atoms with van der Waals surface area (Å²) in [6.07, 6.45) is 1.68. The van der Waals surface area contributed by atoms with Gasteiger partial charge in [0.1, 0.15) is 11.0 Å². The van der Waals surface area contributed by atoms with Gasteiger partial charge in [-0.25, -0.2) is 4.98 Å². The van der Waals surface area contributed by atoms with Crippen molar-refractivity contribution in [3.8, 4) is 11.3 Å². The number of nitrogens with two attached hydrogens (primary N) is 1. The Hall–Kier alpha value is -1.55. The fraction of sp³-hybridized carbons (Fsp3) is 0.111. The number of nitrogen functional groups attached to an aromatic ring is 1. The van der Waals surface area contributed by atoms with Crippen molar-refractivity contribution in [2.45, 2.75) is 6.92 Å². The van der Waals surface area contributed by atoms with Gasteiger partial charge in [-0.2, -0.15) is 5.10 Å². The van der Waals surface area contributed by atoms with Crippen molar-refractivity contribution in [1.29, 1.82) is 0 Å². The van der Waals surface area contributed by atoms with E-state index in [1.54, 1.807) is 12.3 Å². The molecule has 0 unspecified atom stereocenters. The third-order valence-electron chi connectivity index (χ3n) is 1.92. The lowest BCUT2D eigenvalue weighted by Crippen LogP contribution is -1.84. The number of hydrogen-bond acceptors (Lipinski definition) is 3. The van der Waals surface area contributed by atoms with E-state index in [4.69, 9.17) is 17.3 Å². The molecule has 0 atom stereocenters. The van der Waals surface area contributed by atoms with Crippen LogP contribution >= 0.6 is 11.6 Å². The number of rotatable bonds is 1. The van der Waals surface area contributed by atoms with Gasteiger partial charge in [-0.1, -0.05) is 11.6 Å². The number of aromatic nitrogens is 3. The number of H-pyrrole nitrogens is 1. The molecule has 0 aromatic carbocycles. The highest BCUT2D eigenvalue weighted by atomic mass is 35.5. The molecule has 0 aliphatic carbocycles. The number of nitrogens with one attached hydrogen (secondary N) is 1. The van der Waals surface area contributed by atoms with Crippen LogP contribution in [0.15, 0.2) is 18.3 Å². The SMILES string of the molecule is Cc1cc(-c2cc(N)n[nH]2)cnc1Cl. The molecule has 0 aliphatic heterocycles. The second-order valence-corrected chi connectivity index (χ2v) is 3.40. The van der Waals surface area contributed by atoms with Gasteiger partial charge >= 0.3 is 0 Å². The Morgan fingerprint density at radius 2 is 2.21 bits per heavy atom. The highest BCUT2D eigenvalue weighted by molar-refractivity contribution is 6.30. The average molecular weight is 209 g/mol. The first-order chi connectivity index (χ1) is 6.66. The molecule has 0 saturated carbocycles. The molecule has 0 bridgehead atoms. The van der Waals surface area contributed by atoms with Crippen LogP contribution in [0.3, 0.4) is 0 Å². The zero-order valence-electron chi connectivity index (χ0n) is 7.58. The van der Waals surface area contributed by atoms with Crippen molar-refractivity contribution < 1.29 is 0 Å². The molecule has 4 nitrogen and oxygen atoms in total. The molecule has 72 valence electrons. The van der Waals surface area contributed by atoms with Crippen LogP contribution in [-0.2, 0) is 0 Å². The van der Waals surface area contributed by atoms with Crippen molar-refractivity contribution >= 4 is 17.4 Å². The van der Waals surface area contributed by atoms with Crippen molar-refractivity contribution in [3.63, 3.8) is 0 Å². The van der Waals surface area contributed by atoms with Crippen LogP contribution in [0, 0.1) is 6.92 Å². The Balaban J connectivity index is 2.47. The van der Waals surface area contributed by atoms with Crippen LogP contribution in [-0.4, -0.2) is 15.2 Å². The molecule has 2 rings (SSSR count). The van der Waals surface area contributed by atoms with Gasteiger partial charge < -0.3 is 5.73 Å². The topological polar surface area (TPSA) is 67.6 Å². The molecule has 0 spiro atoms. The molecule has 5 heteroatoms. The summed E-state index contributed by atoms with van der Waals surface area (Å²) >= 11 is 5.81. The monoisotopic (exact) mass is 208 g/mol. The molecule has 3 N–H and O–H groups in total. The lowest BCUT2D eigenvalue weighted by molar-refractivity contribution is 1.10. The van der Waals surface area contributed by atoms with Crippen LogP contribution in [0.2, 0.25) is 5.15 Å². The fourth-order valence-corrected chi connectivity index (χ4v) is 1.29. The third-order valence-corrected chi connectivity index (χ3v) is 2.32. The van der Waals surface area contributed by atoms with Gasteiger partial charge in [-0.3, -0.25) is 5.10 Å². The molecule has 0 fully saturated rings. The maximum absolute atomic E-state index is 5.81. The Labute approximate surface area is 86.1 Å². The number of aryl methyl sites for hydroxylation is 1. The molecule has 2 heterocycles. The fourth-order valence-electron chi connectivity index (χ4n) is 1.19. The molecule has 0 aliphatic rings. The number of nitrogens with zero attached hydrogens (tertiary/aromatic N) is 2. The largest absolute Gasteiger partial charge is 0.382 e. The number of aromatic amines is 1. The van der Waals surface area contributed by atoms with Crippen LogP contribution in [0.25, 0.3) is 11.3 Å². The standard InChI is InChI=1S/C9H9ClN4/c1-5-2-6(4-12-9(5)10)7-3-8(11)14-13-7/h2-4H,1H3,(H3,11,13,14). The molecular formula is C9H9ClN4. The summed E-state index contributed by atoms with van der Waals surface area (Å²) in [5.41, 5.74) is 8.19. The van der Waals surface area contributed by atoms with Crippen LogP contribution < -0.4 is 5.73 Å². The minimum absolute atomic E-state index is 0.465. The summed E-state index contributed by atoms with van der Waals surface area (Å²) in [5, 5.41) is 7.16. The zero-order chi connectivity index (χ0) is 10.1. The lowest BCUT2D eigenvalue weighted by atomic mass is 10.2. The summed E-state index contributed by atoms with van der Waals surface area (Å²) in [5.74, 6) is 0.465. The highest BCUT2D eigenvalue weighted by Gasteiger charge is 2.04. The van der Waals surface area contributed by atoms with Gasteiger partial charge in [0.25, 0.3) is 0 Å². The van der Waals surface area contributed by atoms with E-state index in [9.17, 15) is 0 Å².